The molecule has 1 N–H and O–H groups in total. The van der Waals surface area contributed by atoms with E-state index in [0.717, 1.165) is 12.5 Å². The number of hydrogen-bond donors (Lipinski definition) is 1. The molecule has 0 aliphatic rings. The fourth-order valence-electron chi connectivity index (χ4n) is 1.37. The van der Waals surface area contributed by atoms with Gasteiger partial charge < -0.3 is 0 Å². The molecular formula is C12H14N4O4. The van der Waals surface area contributed by atoms with Gasteiger partial charge in [0.15, 0.2) is 0 Å². The Morgan fingerprint density at radius 3 is 2.60 bits per heavy atom. The van der Waals surface area contributed by atoms with Crippen LogP contribution in [0.25, 0.3) is 0 Å². The van der Waals surface area contributed by atoms with Gasteiger partial charge >= 0.3 is 5.69 Å². The molecule has 0 amide bonds. The second-order valence-corrected chi connectivity index (χ2v) is 3.75. The summed E-state index contributed by atoms with van der Waals surface area (Å²) in [5.74, 6) is 0. The first-order chi connectivity index (χ1) is 9.56. The number of rotatable bonds is 7. The zero-order chi connectivity index (χ0) is 15.0. The molecule has 0 heterocycles. The van der Waals surface area contributed by atoms with Gasteiger partial charge in [-0.2, -0.15) is 5.10 Å². The SMILES string of the molecule is CC/C=C/C/C=N/Nc1ccc([N+](=O)[O-])cc1[N+](=O)[O-]. The van der Waals surface area contributed by atoms with Gasteiger partial charge in [0, 0.05) is 18.7 Å². The number of non-ortho nitro benzene ring substituents is 1. The first-order valence-corrected chi connectivity index (χ1v) is 5.91. The predicted octanol–water partition coefficient (Wildman–Crippen LogP) is 3.26. The van der Waals surface area contributed by atoms with Crippen LogP contribution >= 0.6 is 0 Å². The lowest BCUT2D eigenvalue weighted by Gasteiger charge is -2.01. The second kappa shape index (κ2) is 7.62. The van der Waals surface area contributed by atoms with E-state index >= 15 is 0 Å². The van der Waals surface area contributed by atoms with E-state index in [9.17, 15) is 20.2 Å². The predicted molar refractivity (Wildman–Crippen MR) is 75.9 cm³/mol. The van der Waals surface area contributed by atoms with Crippen LogP contribution in [-0.2, 0) is 0 Å². The molecule has 20 heavy (non-hydrogen) atoms. The van der Waals surface area contributed by atoms with E-state index in [4.69, 9.17) is 0 Å². The van der Waals surface area contributed by atoms with Gasteiger partial charge in [-0.15, -0.1) is 0 Å². The Morgan fingerprint density at radius 1 is 1.25 bits per heavy atom. The van der Waals surface area contributed by atoms with Crippen molar-refractivity contribution in [3.8, 4) is 0 Å². The van der Waals surface area contributed by atoms with Crippen molar-refractivity contribution in [3.63, 3.8) is 0 Å². The van der Waals surface area contributed by atoms with Gasteiger partial charge in [-0.05, 0) is 12.5 Å². The number of benzene rings is 1. The van der Waals surface area contributed by atoms with Crippen molar-refractivity contribution in [3.05, 3.63) is 50.6 Å². The standard InChI is InChI=1S/C12H14N4O4/c1-2-3-4-5-8-13-14-11-7-6-10(15(17)18)9-12(11)16(19)20/h3-4,6-9,14H,2,5H2,1H3/b4-3+,13-8+. The number of nitrogens with zero attached hydrogens (tertiary/aromatic N) is 3. The molecule has 0 aliphatic heterocycles. The van der Waals surface area contributed by atoms with Crippen LogP contribution in [-0.4, -0.2) is 16.1 Å². The molecule has 8 heteroatoms. The Morgan fingerprint density at radius 2 is 2.00 bits per heavy atom. The molecule has 0 saturated carbocycles. The Bertz CT molecular complexity index is 554. The zero-order valence-electron chi connectivity index (χ0n) is 10.9. The number of hydrazone groups is 1. The summed E-state index contributed by atoms with van der Waals surface area (Å²) in [7, 11) is 0. The highest BCUT2D eigenvalue weighted by molar-refractivity contribution is 5.67. The zero-order valence-corrected chi connectivity index (χ0v) is 10.9. The fourth-order valence-corrected chi connectivity index (χ4v) is 1.37. The number of nitro benzene ring substituents is 2. The van der Waals surface area contributed by atoms with Crippen LogP contribution in [0.5, 0.6) is 0 Å². The van der Waals surface area contributed by atoms with Crippen molar-refractivity contribution < 1.29 is 9.85 Å². The lowest BCUT2D eigenvalue weighted by atomic mass is 10.2. The minimum Gasteiger partial charge on any atom is -0.272 e. The summed E-state index contributed by atoms with van der Waals surface area (Å²) in [5.41, 5.74) is 1.89. The lowest BCUT2D eigenvalue weighted by Crippen LogP contribution is -1.98. The van der Waals surface area contributed by atoms with E-state index in [1.54, 1.807) is 6.21 Å². The van der Waals surface area contributed by atoms with Crippen molar-refractivity contribution in [2.45, 2.75) is 19.8 Å². The highest BCUT2D eigenvalue weighted by atomic mass is 16.6. The molecule has 0 aliphatic carbocycles. The molecule has 1 rings (SSSR count). The summed E-state index contributed by atoms with van der Waals surface area (Å²) >= 11 is 0. The van der Waals surface area contributed by atoms with Gasteiger partial charge in [0.05, 0.1) is 15.9 Å². The van der Waals surface area contributed by atoms with Crippen LogP contribution in [0.15, 0.2) is 35.5 Å². The highest BCUT2D eigenvalue weighted by Crippen LogP contribution is 2.28. The third kappa shape index (κ3) is 4.48. The van der Waals surface area contributed by atoms with Crippen molar-refractivity contribution in [1.29, 1.82) is 0 Å². The maximum Gasteiger partial charge on any atom is 0.301 e. The monoisotopic (exact) mass is 278 g/mol. The average molecular weight is 278 g/mol. The average Bonchev–Trinajstić information content (AvgIpc) is 2.42. The summed E-state index contributed by atoms with van der Waals surface area (Å²) in [6, 6.07) is 3.34. The maximum absolute atomic E-state index is 10.9. The van der Waals surface area contributed by atoms with Crippen molar-refractivity contribution >= 4 is 23.3 Å². The maximum atomic E-state index is 10.9. The number of allylic oxidation sites excluding steroid dienone is 2. The number of nitro groups is 2. The molecule has 0 radical (unpaired) electrons. The summed E-state index contributed by atoms with van der Waals surface area (Å²) in [4.78, 5) is 20.0. The molecule has 0 spiro atoms. The van der Waals surface area contributed by atoms with Gasteiger partial charge in [0.1, 0.15) is 5.69 Å². The quantitative estimate of drug-likeness (QED) is 0.356. The second-order valence-electron chi connectivity index (χ2n) is 3.75. The number of hydrogen-bond acceptors (Lipinski definition) is 6. The van der Waals surface area contributed by atoms with Crippen molar-refractivity contribution in [2.75, 3.05) is 5.43 Å². The van der Waals surface area contributed by atoms with Crippen LogP contribution in [0, 0.1) is 20.2 Å². The molecule has 8 nitrogen and oxygen atoms in total. The minimum atomic E-state index is -0.693. The molecule has 1 aromatic carbocycles. The number of anilines is 1. The van der Waals surface area contributed by atoms with Crippen molar-refractivity contribution in [2.24, 2.45) is 5.10 Å². The highest BCUT2D eigenvalue weighted by Gasteiger charge is 2.18. The van der Waals surface area contributed by atoms with E-state index < -0.39 is 9.85 Å². The largest absolute Gasteiger partial charge is 0.301 e. The summed E-state index contributed by atoms with van der Waals surface area (Å²) in [5, 5.41) is 25.3. The topological polar surface area (TPSA) is 111 Å². The molecular weight excluding hydrogens is 264 g/mol. The molecule has 0 saturated heterocycles. The third-order valence-corrected chi connectivity index (χ3v) is 2.31. The molecule has 1 aromatic rings. The van der Waals surface area contributed by atoms with E-state index in [-0.39, 0.29) is 17.1 Å². The third-order valence-electron chi connectivity index (χ3n) is 2.31. The van der Waals surface area contributed by atoms with E-state index in [1.807, 2.05) is 19.1 Å². The van der Waals surface area contributed by atoms with Crippen LogP contribution in [0.3, 0.4) is 0 Å². The first-order valence-electron chi connectivity index (χ1n) is 5.91. The van der Waals surface area contributed by atoms with E-state index in [2.05, 4.69) is 10.5 Å². The first kappa shape index (κ1) is 15.3. The minimum absolute atomic E-state index is 0.108. The van der Waals surface area contributed by atoms with Crippen LogP contribution in [0.4, 0.5) is 17.1 Å². The molecule has 0 atom stereocenters. The Labute approximate surface area is 115 Å². The fraction of sp³-hybridized carbons (Fsp3) is 0.250. The van der Waals surface area contributed by atoms with Gasteiger partial charge in [-0.25, -0.2) is 0 Å². The number of nitrogens with one attached hydrogen (secondary N) is 1. The van der Waals surface area contributed by atoms with Crippen LogP contribution in [0.1, 0.15) is 19.8 Å². The van der Waals surface area contributed by atoms with Crippen molar-refractivity contribution in [1.82, 2.24) is 0 Å². The van der Waals surface area contributed by atoms with Crippen LogP contribution in [0.2, 0.25) is 0 Å². The summed E-state index contributed by atoms with van der Waals surface area (Å²) < 4.78 is 0. The Hall–Kier alpha value is -2.77. The smallest absolute Gasteiger partial charge is 0.272 e. The van der Waals surface area contributed by atoms with Gasteiger partial charge in [-0.1, -0.05) is 19.1 Å². The normalized spacial score (nSPS) is 11.1. The van der Waals surface area contributed by atoms with E-state index in [1.165, 1.54) is 12.1 Å². The summed E-state index contributed by atoms with van der Waals surface area (Å²) in [6.07, 6.45) is 6.96. The molecule has 106 valence electrons. The summed E-state index contributed by atoms with van der Waals surface area (Å²) in [6.45, 7) is 2.01. The van der Waals surface area contributed by atoms with Crippen LogP contribution < -0.4 is 5.43 Å². The molecule has 0 fully saturated rings. The Kier molecular flexibility index (Phi) is 5.82. The van der Waals surface area contributed by atoms with Gasteiger partial charge in [-0.3, -0.25) is 25.7 Å². The van der Waals surface area contributed by atoms with Gasteiger partial charge in [0.2, 0.25) is 0 Å². The lowest BCUT2D eigenvalue weighted by molar-refractivity contribution is -0.393. The van der Waals surface area contributed by atoms with Gasteiger partial charge in [0.25, 0.3) is 5.69 Å². The molecule has 0 unspecified atom stereocenters. The molecule has 0 aromatic heterocycles. The van der Waals surface area contributed by atoms with E-state index in [0.29, 0.717) is 6.42 Å². The molecule has 0 bridgehead atoms. The Balaban J connectivity index is 2.81.